The smallest absolute Gasteiger partial charge is 0.262 e. The van der Waals surface area contributed by atoms with Gasteiger partial charge < -0.3 is 10.1 Å². The number of nitrogens with one attached hydrogen (secondary N) is 1. The van der Waals surface area contributed by atoms with E-state index in [4.69, 9.17) is 27.9 Å². The molecular formula is C24H20Cl2N2O2S. The van der Waals surface area contributed by atoms with Gasteiger partial charge in [-0.25, -0.2) is 4.98 Å². The first kappa shape index (κ1) is 21.6. The Morgan fingerprint density at radius 2 is 1.81 bits per heavy atom. The third-order valence-electron chi connectivity index (χ3n) is 4.77. The molecule has 3 aromatic carbocycles. The first-order valence-corrected chi connectivity index (χ1v) is 11.4. The number of amides is 1. The van der Waals surface area contributed by atoms with Crippen LogP contribution in [0.25, 0.3) is 20.8 Å². The number of para-hydroxylation sites is 1. The Balaban J connectivity index is 1.48. The Labute approximate surface area is 194 Å². The monoisotopic (exact) mass is 470 g/mol. The summed E-state index contributed by atoms with van der Waals surface area (Å²) in [4.78, 5) is 17.1. The van der Waals surface area contributed by atoms with Crippen LogP contribution in [0.2, 0.25) is 10.0 Å². The molecule has 4 nitrogen and oxygen atoms in total. The average molecular weight is 471 g/mol. The van der Waals surface area contributed by atoms with Gasteiger partial charge >= 0.3 is 0 Å². The van der Waals surface area contributed by atoms with Crippen LogP contribution in [0.1, 0.15) is 25.3 Å². The highest BCUT2D eigenvalue weighted by atomic mass is 35.5. The highest BCUT2D eigenvalue weighted by molar-refractivity contribution is 7.21. The Morgan fingerprint density at radius 1 is 1.06 bits per heavy atom. The Bertz CT molecular complexity index is 1200. The normalized spacial score (nSPS) is 11.1. The third kappa shape index (κ3) is 5.01. The summed E-state index contributed by atoms with van der Waals surface area (Å²) < 4.78 is 6.66. The molecule has 1 heterocycles. The number of carbonyl (C=O) groups is 1. The zero-order chi connectivity index (χ0) is 22.0. The average Bonchev–Trinajstić information content (AvgIpc) is 3.18. The molecular weight excluding hydrogens is 451 g/mol. The van der Waals surface area contributed by atoms with Crippen molar-refractivity contribution >= 4 is 56.3 Å². The fourth-order valence-electron chi connectivity index (χ4n) is 3.08. The van der Waals surface area contributed by atoms with Gasteiger partial charge in [-0.15, -0.1) is 11.3 Å². The SMILES string of the molecule is CC(C)c1ccc(OCC(=O)Nc2cc(-c3nc4ccccc4s3)c(Cl)cc2Cl)cc1. The molecule has 0 atom stereocenters. The largest absolute Gasteiger partial charge is 0.484 e. The number of fused-ring (bicyclic) bond motifs is 1. The van der Waals surface area contributed by atoms with Crippen molar-refractivity contribution in [2.45, 2.75) is 19.8 Å². The topological polar surface area (TPSA) is 51.2 Å². The van der Waals surface area contributed by atoms with Crippen molar-refractivity contribution in [3.05, 3.63) is 76.3 Å². The van der Waals surface area contributed by atoms with Crippen LogP contribution in [0.4, 0.5) is 5.69 Å². The zero-order valence-electron chi connectivity index (χ0n) is 17.0. The quantitative estimate of drug-likeness (QED) is 0.319. The molecule has 1 aromatic heterocycles. The van der Waals surface area contributed by atoms with E-state index >= 15 is 0 Å². The number of halogens is 2. The van der Waals surface area contributed by atoms with Crippen LogP contribution in [-0.2, 0) is 4.79 Å². The predicted molar refractivity (Wildman–Crippen MR) is 130 cm³/mol. The molecule has 0 aliphatic carbocycles. The van der Waals surface area contributed by atoms with Crippen LogP contribution in [0, 0.1) is 0 Å². The van der Waals surface area contributed by atoms with E-state index in [1.165, 1.54) is 16.9 Å². The molecule has 0 fully saturated rings. The van der Waals surface area contributed by atoms with Crippen LogP contribution >= 0.6 is 34.5 Å². The lowest BCUT2D eigenvalue weighted by molar-refractivity contribution is -0.118. The minimum atomic E-state index is -0.313. The van der Waals surface area contributed by atoms with Gasteiger partial charge in [0.2, 0.25) is 0 Å². The van der Waals surface area contributed by atoms with E-state index in [1.807, 2.05) is 48.5 Å². The molecule has 7 heteroatoms. The third-order valence-corrected chi connectivity index (χ3v) is 6.47. The van der Waals surface area contributed by atoms with Crippen molar-refractivity contribution in [3.8, 4) is 16.3 Å². The molecule has 1 N–H and O–H groups in total. The van der Waals surface area contributed by atoms with Gasteiger partial charge in [0.05, 0.1) is 25.9 Å². The Morgan fingerprint density at radius 3 is 2.52 bits per heavy atom. The molecule has 4 aromatic rings. The molecule has 1 amide bonds. The number of nitrogens with zero attached hydrogens (tertiary/aromatic N) is 1. The van der Waals surface area contributed by atoms with Crippen molar-refractivity contribution < 1.29 is 9.53 Å². The maximum absolute atomic E-state index is 12.4. The fourth-order valence-corrected chi connectivity index (χ4v) is 4.65. The number of carbonyl (C=O) groups excluding carboxylic acids is 1. The molecule has 0 saturated heterocycles. The van der Waals surface area contributed by atoms with E-state index in [0.717, 1.165) is 15.2 Å². The van der Waals surface area contributed by atoms with Gasteiger partial charge in [0.1, 0.15) is 10.8 Å². The van der Waals surface area contributed by atoms with Gasteiger partial charge in [0.15, 0.2) is 6.61 Å². The van der Waals surface area contributed by atoms with Crippen LogP contribution < -0.4 is 10.1 Å². The van der Waals surface area contributed by atoms with Gasteiger partial charge in [0, 0.05) is 5.56 Å². The number of anilines is 1. The lowest BCUT2D eigenvalue weighted by atomic mass is 10.0. The molecule has 0 aliphatic rings. The van der Waals surface area contributed by atoms with Gasteiger partial charge in [-0.3, -0.25) is 4.79 Å². The van der Waals surface area contributed by atoms with Crippen LogP contribution in [0.5, 0.6) is 5.75 Å². The predicted octanol–water partition coefficient (Wildman–Crippen LogP) is 7.41. The van der Waals surface area contributed by atoms with Crippen molar-refractivity contribution in [2.24, 2.45) is 0 Å². The van der Waals surface area contributed by atoms with E-state index in [0.29, 0.717) is 33.0 Å². The van der Waals surface area contributed by atoms with Crippen molar-refractivity contribution in [1.82, 2.24) is 4.98 Å². The second-order valence-corrected chi connectivity index (χ2v) is 9.20. The van der Waals surface area contributed by atoms with Crippen LogP contribution in [0.3, 0.4) is 0 Å². The summed E-state index contributed by atoms with van der Waals surface area (Å²) in [5.41, 5.74) is 3.29. The molecule has 0 saturated carbocycles. The highest BCUT2D eigenvalue weighted by Crippen LogP contribution is 2.38. The standard InChI is InChI=1S/C24H20Cl2N2O2S/c1-14(2)15-7-9-16(10-8-15)30-13-23(29)27-21-11-17(18(25)12-19(21)26)24-28-20-5-3-4-6-22(20)31-24/h3-12,14H,13H2,1-2H3,(H,27,29). The second kappa shape index (κ2) is 9.27. The number of rotatable bonds is 6. The Kier molecular flexibility index (Phi) is 6.46. The van der Waals surface area contributed by atoms with E-state index < -0.39 is 0 Å². The molecule has 0 bridgehead atoms. The van der Waals surface area contributed by atoms with Crippen molar-refractivity contribution in [3.63, 3.8) is 0 Å². The van der Waals surface area contributed by atoms with E-state index in [1.54, 1.807) is 12.1 Å². The molecule has 4 rings (SSSR count). The van der Waals surface area contributed by atoms with Gasteiger partial charge in [-0.2, -0.15) is 0 Å². The molecule has 158 valence electrons. The summed E-state index contributed by atoms with van der Waals surface area (Å²) in [7, 11) is 0. The molecule has 31 heavy (non-hydrogen) atoms. The summed E-state index contributed by atoms with van der Waals surface area (Å²) >= 11 is 14.3. The first-order valence-electron chi connectivity index (χ1n) is 9.78. The van der Waals surface area contributed by atoms with Crippen molar-refractivity contribution in [2.75, 3.05) is 11.9 Å². The Hall–Kier alpha value is -2.60. The minimum Gasteiger partial charge on any atom is -0.484 e. The highest BCUT2D eigenvalue weighted by Gasteiger charge is 2.15. The lowest BCUT2D eigenvalue weighted by Crippen LogP contribution is -2.20. The van der Waals surface area contributed by atoms with Crippen molar-refractivity contribution in [1.29, 1.82) is 0 Å². The van der Waals surface area contributed by atoms with E-state index in [2.05, 4.69) is 24.1 Å². The molecule has 0 aliphatic heterocycles. The molecule has 0 unspecified atom stereocenters. The number of thiazole rings is 1. The summed E-state index contributed by atoms with van der Waals surface area (Å²) in [6.07, 6.45) is 0. The second-order valence-electron chi connectivity index (χ2n) is 7.36. The number of hydrogen-bond acceptors (Lipinski definition) is 4. The molecule has 0 spiro atoms. The number of ether oxygens (including phenoxy) is 1. The van der Waals surface area contributed by atoms with Crippen LogP contribution in [-0.4, -0.2) is 17.5 Å². The summed E-state index contributed by atoms with van der Waals surface area (Å²) in [5, 5.41) is 4.39. The maximum atomic E-state index is 12.4. The van der Waals surface area contributed by atoms with E-state index in [-0.39, 0.29) is 12.5 Å². The van der Waals surface area contributed by atoms with Gasteiger partial charge in [0.25, 0.3) is 5.91 Å². The van der Waals surface area contributed by atoms with Crippen LogP contribution in [0.15, 0.2) is 60.7 Å². The van der Waals surface area contributed by atoms with Gasteiger partial charge in [-0.1, -0.05) is 61.3 Å². The number of hydrogen-bond donors (Lipinski definition) is 1. The van der Waals surface area contributed by atoms with Gasteiger partial charge in [-0.05, 0) is 47.9 Å². The minimum absolute atomic E-state index is 0.129. The maximum Gasteiger partial charge on any atom is 0.262 e. The lowest BCUT2D eigenvalue weighted by Gasteiger charge is -2.12. The summed E-state index contributed by atoms with van der Waals surface area (Å²) in [6.45, 7) is 4.12. The fraction of sp³-hybridized carbons (Fsp3) is 0.167. The summed E-state index contributed by atoms with van der Waals surface area (Å²) in [6, 6.07) is 19.0. The van der Waals surface area contributed by atoms with E-state index in [9.17, 15) is 4.79 Å². The molecule has 0 radical (unpaired) electrons. The zero-order valence-corrected chi connectivity index (χ0v) is 19.3. The summed E-state index contributed by atoms with van der Waals surface area (Å²) in [5.74, 6) is 0.762. The number of aromatic nitrogens is 1. The number of benzene rings is 3. The first-order chi connectivity index (χ1) is 14.9.